The highest BCUT2D eigenvalue weighted by Gasteiger charge is 2.31. The van der Waals surface area contributed by atoms with Gasteiger partial charge in [0.15, 0.2) is 0 Å². The fraction of sp³-hybridized carbons (Fsp3) is 0.440. The summed E-state index contributed by atoms with van der Waals surface area (Å²) in [5.74, 6) is -0.664. The summed E-state index contributed by atoms with van der Waals surface area (Å²) in [6.45, 7) is 3.36. The Hall–Kier alpha value is -2.39. The molecule has 0 aromatic heterocycles. The zero-order valence-corrected chi connectivity index (χ0v) is 22.2. The number of carbonyl (C=O) groups is 2. The minimum absolute atomic E-state index is 0.124. The number of aryl methyl sites for hydroxylation is 1. The molecule has 0 saturated heterocycles. The summed E-state index contributed by atoms with van der Waals surface area (Å²) in [4.78, 5) is 28.0. The molecule has 9 heteroatoms. The van der Waals surface area contributed by atoms with Crippen LogP contribution in [0.25, 0.3) is 0 Å². The quantitative estimate of drug-likeness (QED) is 0.512. The summed E-state index contributed by atoms with van der Waals surface area (Å²) < 4.78 is 27.2. The van der Waals surface area contributed by atoms with Gasteiger partial charge >= 0.3 is 0 Å². The van der Waals surface area contributed by atoms with Crippen molar-refractivity contribution >= 4 is 43.5 Å². The number of anilines is 1. The molecule has 7 nitrogen and oxygen atoms in total. The maximum Gasteiger partial charge on any atom is 0.244 e. The van der Waals surface area contributed by atoms with E-state index in [1.54, 1.807) is 25.1 Å². The lowest BCUT2D eigenvalue weighted by molar-refractivity contribution is -0.139. The highest BCUT2D eigenvalue weighted by atomic mass is 79.9. The molecular formula is C25H32BrN3O4S. The first kappa shape index (κ1) is 26.2. The zero-order valence-electron chi connectivity index (χ0n) is 19.8. The van der Waals surface area contributed by atoms with Crippen LogP contribution in [0.2, 0.25) is 0 Å². The monoisotopic (exact) mass is 549 g/mol. The number of carbonyl (C=O) groups excluding carboxylic acids is 2. The smallest absolute Gasteiger partial charge is 0.244 e. The molecule has 0 spiro atoms. The molecule has 2 aromatic carbocycles. The van der Waals surface area contributed by atoms with Gasteiger partial charge < -0.3 is 10.2 Å². The molecule has 0 aliphatic heterocycles. The minimum atomic E-state index is -3.73. The zero-order chi connectivity index (χ0) is 24.9. The summed E-state index contributed by atoms with van der Waals surface area (Å²) in [5.41, 5.74) is 2.15. The number of nitrogens with one attached hydrogen (secondary N) is 1. The lowest BCUT2D eigenvalue weighted by Crippen LogP contribution is -2.52. The van der Waals surface area contributed by atoms with Gasteiger partial charge in [-0.2, -0.15) is 0 Å². The topological polar surface area (TPSA) is 86.8 Å². The van der Waals surface area contributed by atoms with Gasteiger partial charge in [0.05, 0.1) is 11.9 Å². The molecule has 1 unspecified atom stereocenters. The third-order valence-electron chi connectivity index (χ3n) is 6.10. The number of hydrogen-bond donors (Lipinski definition) is 1. The average Bonchev–Trinajstić information content (AvgIpc) is 3.28. The predicted octanol–water partition coefficient (Wildman–Crippen LogP) is 4.00. The molecule has 2 amide bonds. The van der Waals surface area contributed by atoms with Crippen LogP contribution in [0.4, 0.5) is 5.69 Å². The normalized spacial score (nSPS) is 15.1. The molecule has 1 aliphatic carbocycles. The molecule has 3 rings (SSSR count). The number of sulfonamides is 1. The highest BCUT2D eigenvalue weighted by Crippen LogP contribution is 2.22. The Balaban J connectivity index is 1.87. The van der Waals surface area contributed by atoms with Crippen LogP contribution < -0.4 is 9.62 Å². The van der Waals surface area contributed by atoms with E-state index in [2.05, 4.69) is 21.2 Å². The van der Waals surface area contributed by atoms with Crippen LogP contribution in [-0.2, 0) is 26.2 Å². The van der Waals surface area contributed by atoms with Crippen LogP contribution in [0.5, 0.6) is 0 Å². The van der Waals surface area contributed by atoms with Crippen LogP contribution in [0.15, 0.2) is 53.0 Å². The molecule has 1 N–H and O–H groups in total. The minimum Gasteiger partial charge on any atom is -0.352 e. The lowest BCUT2D eigenvalue weighted by atomic mass is 10.1. The number of halogens is 1. The SMILES string of the molecule is Cc1cccc(N(CC(=O)N(Cc2ccc(Br)cc2)C(C)C(=O)NC2CCCC2)S(C)(=O)=O)c1. The maximum absolute atomic E-state index is 13.5. The van der Waals surface area contributed by atoms with Crippen molar-refractivity contribution in [3.63, 3.8) is 0 Å². The van der Waals surface area contributed by atoms with E-state index in [1.165, 1.54) is 4.90 Å². The average molecular weight is 551 g/mol. The van der Waals surface area contributed by atoms with E-state index < -0.39 is 22.0 Å². The Bertz CT molecular complexity index is 1120. The molecule has 34 heavy (non-hydrogen) atoms. The van der Waals surface area contributed by atoms with E-state index >= 15 is 0 Å². The second kappa shape index (κ2) is 11.4. The number of nitrogens with zero attached hydrogens (tertiary/aromatic N) is 2. The van der Waals surface area contributed by atoms with Crippen LogP contribution in [0.1, 0.15) is 43.7 Å². The van der Waals surface area contributed by atoms with Gasteiger partial charge in [0.25, 0.3) is 0 Å². The predicted molar refractivity (Wildman–Crippen MR) is 138 cm³/mol. The molecular weight excluding hydrogens is 518 g/mol. The van der Waals surface area contributed by atoms with Crippen LogP contribution >= 0.6 is 15.9 Å². The van der Waals surface area contributed by atoms with E-state index in [1.807, 2.05) is 37.3 Å². The second-order valence-electron chi connectivity index (χ2n) is 8.92. The Morgan fingerprint density at radius 1 is 1.12 bits per heavy atom. The Morgan fingerprint density at radius 3 is 2.35 bits per heavy atom. The van der Waals surface area contributed by atoms with Gasteiger partial charge in [-0.05, 0) is 62.1 Å². The van der Waals surface area contributed by atoms with Gasteiger partial charge in [-0.1, -0.05) is 53.0 Å². The summed E-state index contributed by atoms with van der Waals surface area (Å²) in [7, 11) is -3.73. The molecule has 0 bridgehead atoms. The van der Waals surface area contributed by atoms with E-state index in [-0.39, 0.29) is 25.0 Å². The van der Waals surface area contributed by atoms with Crippen molar-refractivity contribution in [2.24, 2.45) is 0 Å². The Morgan fingerprint density at radius 2 is 1.76 bits per heavy atom. The summed E-state index contributed by atoms with van der Waals surface area (Å²) in [5, 5.41) is 3.06. The number of amides is 2. The number of benzene rings is 2. The molecule has 1 saturated carbocycles. The van der Waals surface area contributed by atoms with Gasteiger partial charge in [-0.3, -0.25) is 13.9 Å². The van der Waals surface area contributed by atoms with Crippen molar-refractivity contribution in [2.45, 2.75) is 58.2 Å². The molecule has 1 fully saturated rings. The van der Waals surface area contributed by atoms with Crippen molar-refractivity contribution in [2.75, 3.05) is 17.1 Å². The third kappa shape index (κ3) is 7.06. The number of hydrogen-bond acceptors (Lipinski definition) is 4. The molecule has 0 radical (unpaired) electrons. The molecule has 2 aromatic rings. The van der Waals surface area contributed by atoms with E-state index in [9.17, 15) is 18.0 Å². The van der Waals surface area contributed by atoms with Crippen molar-refractivity contribution in [3.05, 3.63) is 64.1 Å². The lowest BCUT2D eigenvalue weighted by Gasteiger charge is -2.32. The maximum atomic E-state index is 13.5. The fourth-order valence-corrected chi connectivity index (χ4v) is 5.26. The first-order valence-corrected chi connectivity index (χ1v) is 14.1. The molecule has 184 valence electrons. The molecule has 0 heterocycles. The first-order chi connectivity index (χ1) is 16.0. The Labute approximate surface area is 210 Å². The second-order valence-corrected chi connectivity index (χ2v) is 11.7. The highest BCUT2D eigenvalue weighted by molar-refractivity contribution is 9.10. The molecule has 1 aliphatic rings. The summed E-state index contributed by atoms with van der Waals surface area (Å²) in [6, 6.07) is 13.9. The Kier molecular flexibility index (Phi) is 8.76. The van der Waals surface area contributed by atoms with Gasteiger partial charge in [0.2, 0.25) is 21.8 Å². The van der Waals surface area contributed by atoms with Gasteiger partial charge in [0, 0.05) is 17.1 Å². The van der Waals surface area contributed by atoms with Crippen molar-refractivity contribution in [3.8, 4) is 0 Å². The summed E-state index contributed by atoms with van der Waals surface area (Å²) in [6.07, 6.45) is 5.13. The summed E-state index contributed by atoms with van der Waals surface area (Å²) >= 11 is 3.41. The van der Waals surface area contributed by atoms with E-state index in [0.717, 1.165) is 51.8 Å². The van der Waals surface area contributed by atoms with E-state index in [4.69, 9.17) is 0 Å². The van der Waals surface area contributed by atoms with Crippen LogP contribution in [0.3, 0.4) is 0 Å². The van der Waals surface area contributed by atoms with Crippen LogP contribution in [0, 0.1) is 6.92 Å². The van der Waals surface area contributed by atoms with Gasteiger partial charge in [-0.25, -0.2) is 8.42 Å². The van der Waals surface area contributed by atoms with Gasteiger partial charge in [-0.15, -0.1) is 0 Å². The largest absolute Gasteiger partial charge is 0.352 e. The van der Waals surface area contributed by atoms with Crippen LogP contribution in [-0.4, -0.2) is 50.0 Å². The molecule has 1 atom stereocenters. The standard InChI is InChI=1S/C25H32BrN3O4S/c1-18-7-6-10-23(15-18)29(34(3,32)33)17-24(30)28(16-20-11-13-21(26)14-12-20)19(2)25(31)27-22-8-4-5-9-22/h6-7,10-15,19,22H,4-5,8-9,16-17H2,1-3H3,(H,27,31). The van der Waals surface area contributed by atoms with E-state index in [0.29, 0.717) is 5.69 Å². The first-order valence-electron chi connectivity index (χ1n) is 11.4. The van der Waals surface area contributed by atoms with Crippen molar-refractivity contribution in [1.29, 1.82) is 0 Å². The van der Waals surface area contributed by atoms with Crippen molar-refractivity contribution in [1.82, 2.24) is 10.2 Å². The van der Waals surface area contributed by atoms with Gasteiger partial charge in [0.1, 0.15) is 12.6 Å². The fourth-order valence-electron chi connectivity index (χ4n) is 4.16. The third-order valence-corrected chi connectivity index (χ3v) is 7.77. The van der Waals surface area contributed by atoms with Crippen molar-refractivity contribution < 1.29 is 18.0 Å². The number of rotatable bonds is 9.